The fraction of sp³-hybridized carbons (Fsp3) is 0.800. The van der Waals surface area contributed by atoms with Gasteiger partial charge in [0.15, 0.2) is 0 Å². The molecule has 5 heteroatoms. The van der Waals surface area contributed by atoms with E-state index in [4.69, 9.17) is 0 Å². The molecule has 0 unspecified atom stereocenters. The summed E-state index contributed by atoms with van der Waals surface area (Å²) in [5.41, 5.74) is 0. The van der Waals surface area contributed by atoms with Gasteiger partial charge in [0.05, 0.1) is 7.11 Å². The van der Waals surface area contributed by atoms with E-state index in [0.717, 1.165) is 25.8 Å². The number of methoxy groups -OCH3 is 1. The van der Waals surface area contributed by atoms with E-state index in [1.807, 2.05) is 4.90 Å². The van der Waals surface area contributed by atoms with Crippen LogP contribution >= 0.6 is 0 Å². The molecule has 5 nitrogen and oxygen atoms in total. The third-order valence-corrected chi connectivity index (χ3v) is 2.51. The first-order valence-electron chi connectivity index (χ1n) is 5.33. The summed E-state index contributed by atoms with van der Waals surface area (Å²) in [5, 5.41) is 2.57. The molecule has 0 aromatic heterocycles. The lowest BCUT2D eigenvalue weighted by Gasteiger charge is -2.20. The van der Waals surface area contributed by atoms with Crippen LogP contribution in [0.2, 0.25) is 0 Å². The average molecular weight is 214 g/mol. The first-order chi connectivity index (χ1) is 7.24. The topological polar surface area (TPSA) is 58.6 Å². The van der Waals surface area contributed by atoms with Gasteiger partial charge in [0, 0.05) is 26.1 Å². The first-order valence-corrected chi connectivity index (χ1v) is 5.33. The van der Waals surface area contributed by atoms with Gasteiger partial charge in [-0.1, -0.05) is 6.42 Å². The van der Waals surface area contributed by atoms with E-state index < -0.39 is 6.09 Å². The van der Waals surface area contributed by atoms with Gasteiger partial charge in [0.25, 0.3) is 0 Å². The van der Waals surface area contributed by atoms with Crippen LogP contribution in [-0.4, -0.2) is 43.6 Å². The smallest absolute Gasteiger partial charge is 0.406 e. The second-order valence-corrected chi connectivity index (χ2v) is 3.61. The third-order valence-electron chi connectivity index (χ3n) is 2.51. The molecule has 0 aromatic carbocycles. The zero-order valence-corrected chi connectivity index (χ0v) is 9.12. The normalized spacial score (nSPS) is 17.1. The first kappa shape index (κ1) is 11.8. The van der Waals surface area contributed by atoms with Gasteiger partial charge in [-0.3, -0.25) is 4.79 Å². The highest BCUT2D eigenvalue weighted by Crippen LogP contribution is 2.10. The Morgan fingerprint density at radius 3 is 3.00 bits per heavy atom. The van der Waals surface area contributed by atoms with Crippen LogP contribution in [0.3, 0.4) is 0 Å². The molecule has 0 aliphatic carbocycles. The van der Waals surface area contributed by atoms with E-state index in [2.05, 4.69) is 10.1 Å². The molecule has 1 aliphatic heterocycles. The second kappa shape index (κ2) is 6.27. The number of carbonyl (C=O) groups excluding carboxylic acids is 2. The number of hydrogen-bond donors (Lipinski definition) is 1. The Labute approximate surface area is 89.8 Å². The molecule has 0 radical (unpaired) electrons. The number of nitrogens with one attached hydrogen (secondary N) is 1. The summed E-state index contributed by atoms with van der Waals surface area (Å²) in [5.74, 6) is 0.194. The molecule has 2 amide bonds. The number of alkyl carbamates (subject to hydrolysis) is 1. The van der Waals surface area contributed by atoms with E-state index >= 15 is 0 Å². The van der Waals surface area contributed by atoms with Crippen LogP contribution in [0.15, 0.2) is 0 Å². The van der Waals surface area contributed by atoms with Crippen molar-refractivity contribution >= 4 is 12.0 Å². The number of nitrogens with zero attached hydrogens (tertiary/aromatic N) is 1. The van der Waals surface area contributed by atoms with Crippen LogP contribution in [0.4, 0.5) is 4.79 Å². The van der Waals surface area contributed by atoms with E-state index in [9.17, 15) is 9.59 Å². The summed E-state index contributed by atoms with van der Waals surface area (Å²) >= 11 is 0. The number of likely N-dealkylation sites (tertiary alicyclic amines) is 1. The zero-order valence-electron chi connectivity index (χ0n) is 9.12. The van der Waals surface area contributed by atoms with Gasteiger partial charge in [-0.25, -0.2) is 4.79 Å². The molecule has 1 heterocycles. The van der Waals surface area contributed by atoms with Gasteiger partial charge < -0.3 is 15.0 Å². The van der Waals surface area contributed by atoms with E-state index in [1.165, 1.54) is 7.11 Å². The summed E-state index contributed by atoms with van der Waals surface area (Å²) < 4.78 is 4.44. The summed E-state index contributed by atoms with van der Waals surface area (Å²) in [6.45, 7) is 1.84. The van der Waals surface area contributed by atoms with Crippen molar-refractivity contribution in [1.29, 1.82) is 0 Å². The number of amides is 2. The fourth-order valence-corrected chi connectivity index (χ4v) is 1.64. The maximum Gasteiger partial charge on any atom is 0.406 e. The second-order valence-electron chi connectivity index (χ2n) is 3.61. The Kier molecular flexibility index (Phi) is 4.93. The molecule has 0 atom stereocenters. The molecular formula is C10H18N2O3. The molecule has 0 aromatic rings. The largest absolute Gasteiger partial charge is 0.453 e. The van der Waals surface area contributed by atoms with Crippen molar-refractivity contribution in [1.82, 2.24) is 10.2 Å². The van der Waals surface area contributed by atoms with Crippen LogP contribution in [-0.2, 0) is 9.53 Å². The number of carbonyl (C=O) groups is 2. The fourth-order valence-electron chi connectivity index (χ4n) is 1.64. The van der Waals surface area contributed by atoms with Gasteiger partial charge in [0.1, 0.15) is 0 Å². The van der Waals surface area contributed by atoms with Gasteiger partial charge >= 0.3 is 6.09 Å². The maximum absolute atomic E-state index is 11.5. The monoisotopic (exact) mass is 214 g/mol. The van der Waals surface area contributed by atoms with Crippen molar-refractivity contribution in [2.45, 2.75) is 25.7 Å². The van der Waals surface area contributed by atoms with Gasteiger partial charge in [0.2, 0.25) is 5.91 Å². The predicted molar refractivity (Wildman–Crippen MR) is 55.5 cm³/mol. The Morgan fingerprint density at radius 2 is 2.27 bits per heavy atom. The third kappa shape index (κ3) is 4.18. The Morgan fingerprint density at radius 1 is 1.47 bits per heavy atom. The van der Waals surface area contributed by atoms with Crippen LogP contribution in [0.1, 0.15) is 25.7 Å². The van der Waals surface area contributed by atoms with E-state index in [0.29, 0.717) is 19.5 Å². The van der Waals surface area contributed by atoms with Crippen LogP contribution in [0, 0.1) is 0 Å². The van der Waals surface area contributed by atoms with Gasteiger partial charge in [-0.2, -0.15) is 0 Å². The number of hydrogen-bond acceptors (Lipinski definition) is 3. The van der Waals surface area contributed by atoms with Crippen molar-refractivity contribution in [3.63, 3.8) is 0 Å². The van der Waals surface area contributed by atoms with Gasteiger partial charge in [-0.05, 0) is 12.8 Å². The lowest BCUT2D eigenvalue weighted by molar-refractivity contribution is -0.130. The number of ether oxygens (including phenoxy) is 1. The van der Waals surface area contributed by atoms with Crippen molar-refractivity contribution in [3.8, 4) is 0 Å². The lowest BCUT2D eigenvalue weighted by Crippen LogP contribution is -2.38. The molecule has 1 aliphatic rings. The lowest BCUT2D eigenvalue weighted by atomic mass is 10.2. The standard InChI is InChI=1S/C10H18N2O3/c1-15-10(14)11-6-8-12-7-4-2-3-5-9(12)13/h2-8H2,1H3,(H,11,14). The minimum atomic E-state index is -0.447. The van der Waals surface area contributed by atoms with Crippen molar-refractivity contribution in [2.24, 2.45) is 0 Å². The zero-order chi connectivity index (χ0) is 11.1. The molecule has 86 valence electrons. The highest BCUT2D eigenvalue weighted by Gasteiger charge is 2.15. The highest BCUT2D eigenvalue weighted by molar-refractivity contribution is 5.76. The maximum atomic E-state index is 11.5. The minimum absolute atomic E-state index is 0.194. The van der Waals surface area contributed by atoms with Crippen molar-refractivity contribution in [2.75, 3.05) is 26.7 Å². The summed E-state index contributed by atoms with van der Waals surface area (Å²) in [6.07, 6.45) is 3.35. The highest BCUT2D eigenvalue weighted by atomic mass is 16.5. The molecule has 1 N–H and O–H groups in total. The average Bonchev–Trinajstić information content (AvgIpc) is 2.44. The molecule has 1 fully saturated rings. The van der Waals surface area contributed by atoms with Crippen LogP contribution in [0.25, 0.3) is 0 Å². The molecule has 1 saturated heterocycles. The summed E-state index contributed by atoms with van der Waals surface area (Å²) in [4.78, 5) is 24.1. The van der Waals surface area contributed by atoms with Crippen molar-refractivity contribution < 1.29 is 14.3 Å². The quantitative estimate of drug-likeness (QED) is 0.754. The minimum Gasteiger partial charge on any atom is -0.453 e. The number of rotatable bonds is 3. The Bertz CT molecular complexity index is 231. The summed E-state index contributed by atoms with van der Waals surface area (Å²) in [7, 11) is 1.33. The molecular weight excluding hydrogens is 196 g/mol. The molecule has 15 heavy (non-hydrogen) atoms. The van der Waals surface area contributed by atoms with E-state index in [-0.39, 0.29) is 5.91 Å². The van der Waals surface area contributed by atoms with E-state index in [1.54, 1.807) is 0 Å². The van der Waals surface area contributed by atoms with Crippen LogP contribution < -0.4 is 5.32 Å². The summed E-state index contributed by atoms with van der Waals surface area (Å²) in [6, 6.07) is 0. The predicted octanol–water partition coefficient (Wildman–Crippen LogP) is 0.745. The van der Waals surface area contributed by atoms with Crippen molar-refractivity contribution in [3.05, 3.63) is 0 Å². The Hall–Kier alpha value is -1.26. The van der Waals surface area contributed by atoms with Gasteiger partial charge in [-0.15, -0.1) is 0 Å². The molecule has 0 spiro atoms. The molecule has 0 saturated carbocycles. The molecule has 1 rings (SSSR count). The SMILES string of the molecule is COC(=O)NCCN1CCCCCC1=O. The van der Waals surface area contributed by atoms with Crippen LogP contribution in [0.5, 0.6) is 0 Å². The molecule has 0 bridgehead atoms. The Balaban J connectivity index is 2.23.